The van der Waals surface area contributed by atoms with E-state index in [-0.39, 0.29) is 25.3 Å². The van der Waals surface area contributed by atoms with Crippen LogP contribution in [0.3, 0.4) is 0 Å². The molecule has 14 nitrogen and oxygen atoms in total. The first-order valence-corrected chi connectivity index (χ1v) is 11.9. The fourth-order valence-electron chi connectivity index (χ4n) is 4.26. The quantitative estimate of drug-likeness (QED) is 0.176. The number of aromatic nitrogens is 4. The first-order chi connectivity index (χ1) is 18.2. The Morgan fingerprint density at radius 1 is 1.21 bits per heavy atom. The number of nitrogen functional groups attached to an aromatic ring is 1. The lowest BCUT2D eigenvalue weighted by Gasteiger charge is -2.26. The Kier molecular flexibility index (Phi) is 8.29. The molecule has 0 radical (unpaired) electrons. The molecule has 5 atom stereocenters. The van der Waals surface area contributed by atoms with Crippen LogP contribution in [0.15, 0.2) is 43.0 Å². The highest BCUT2D eigenvalue weighted by atomic mass is 16.6. The molecule has 0 spiro atoms. The zero-order chi connectivity index (χ0) is 27.4. The third-order valence-corrected chi connectivity index (χ3v) is 6.36. The predicted molar refractivity (Wildman–Crippen MR) is 136 cm³/mol. The number of aliphatic carboxylic acids is 1. The van der Waals surface area contributed by atoms with Gasteiger partial charge in [0.1, 0.15) is 36.2 Å². The van der Waals surface area contributed by atoms with Crippen LogP contribution in [0.4, 0.5) is 5.82 Å². The summed E-state index contributed by atoms with van der Waals surface area (Å²) in [4.78, 5) is 36.8. The molecule has 202 valence electrons. The number of nitrogens with zero attached hydrogens (tertiary/aromatic N) is 5. The van der Waals surface area contributed by atoms with Crippen molar-refractivity contribution in [2.75, 3.05) is 25.4 Å². The molecule has 3 aromatic rings. The lowest BCUT2D eigenvalue weighted by atomic mass is 10.1. The SMILES string of the molecule is NC(=O)c1cccc(/C=C/CN(CC[C@H](N)C(=O)O)C[C@H]2O[C@@H](n3cnc4c(N)ncnc43)[C@H](O)[C@@H]2O)c1. The smallest absolute Gasteiger partial charge is 0.320 e. The molecule has 0 unspecified atom stereocenters. The van der Waals surface area contributed by atoms with E-state index in [1.165, 1.54) is 17.2 Å². The highest BCUT2D eigenvalue weighted by molar-refractivity contribution is 5.93. The van der Waals surface area contributed by atoms with E-state index < -0.39 is 42.5 Å². The molecule has 1 fully saturated rings. The molecule has 1 amide bonds. The summed E-state index contributed by atoms with van der Waals surface area (Å²) in [5, 5.41) is 30.7. The molecule has 2 aromatic heterocycles. The minimum absolute atomic E-state index is 0.150. The number of hydrogen-bond acceptors (Lipinski definition) is 11. The van der Waals surface area contributed by atoms with Gasteiger partial charge in [0.2, 0.25) is 5.91 Å². The lowest BCUT2D eigenvalue weighted by molar-refractivity contribution is -0.138. The number of aliphatic hydroxyl groups is 2. The van der Waals surface area contributed by atoms with Gasteiger partial charge in [-0.2, -0.15) is 0 Å². The monoisotopic (exact) mass is 526 g/mol. The van der Waals surface area contributed by atoms with Crippen LogP contribution < -0.4 is 17.2 Å². The van der Waals surface area contributed by atoms with E-state index in [9.17, 15) is 24.9 Å². The van der Waals surface area contributed by atoms with Crippen LogP contribution in [0.25, 0.3) is 17.2 Å². The van der Waals surface area contributed by atoms with Crippen LogP contribution in [-0.4, -0.2) is 95.6 Å². The molecule has 0 bridgehead atoms. The summed E-state index contributed by atoms with van der Waals surface area (Å²) in [6.07, 6.45) is 2.11. The van der Waals surface area contributed by atoms with Crippen molar-refractivity contribution in [3.05, 3.63) is 54.1 Å². The Morgan fingerprint density at radius 3 is 2.74 bits per heavy atom. The molecule has 1 aliphatic heterocycles. The average molecular weight is 527 g/mol. The largest absolute Gasteiger partial charge is 0.480 e. The second-order valence-corrected chi connectivity index (χ2v) is 9.01. The van der Waals surface area contributed by atoms with Gasteiger partial charge in [0, 0.05) is 25.2 Å². The van der Waals surface area contributed by atoms with Gasteiger partial charge >= 0.3 is 5.97 Å². The molecule has 1 saturated heterocycles. The molecule has 0 aliphatic carbocycles. The number of carboxylic acids is 1. The molecule has 9 N–H and O–H groups in total. The van der Waals surface area contributed by atoms with E-state index >= 15 is 0 Å². The summed E-state index contributed by atoms with van der Waals surface area (Å²) in [6, 6.07) is 5.73. The van der Waals surface area contributed by atoms with Gasteiger partial charge in [0.05, 0.1) is 6.33 Å². The van der Waals surface area contributed by atoms with Gasteiger partial charge in [-0.25, -0.2) is 15.0 Å². The number of benzene rings is 1. The maximum atomic E-state index is 11.4. The Bertz CT molecular complexity index is 1330. The molecule has 14 heteroatoms. The molecule has 4 rings (SSSR count). The van der Waals surface area contributed by atoms with Gasteiger partial charge in [-0.1, -0.05) is 24.3 Å². The second-order valence-electron chi connectivity index (χ2n) is 9.01. The van der Waals surface area contributed by atoms with Crippen molar-refractivity contribution in [2.45, 2.75) is 37.0 Å². The van der Waals surface area contributed by atoms with E-state index in [4.69, 9.17) is 21.9 Å². The number of carbonyl (C=O) groups excluding carboxylic acids is 1. The number of anilines is 1. The van der Waals surface area contributed by atoms with Crippen LogP contribution in [-0.2, 0) is 9.53 Å². The minimum atomic E-state index is -1.29. The van der Waals surface area contributed by atoms with Crippen LogP contribution in [0.5, 0.6) is 0 Å². The number of carbonyl (C=O) groups is 2. The number of imidazole rings is 1. The molecule has 1 aromatic carbocycles. The van der Waals surface area contributed by atoms with Gasteiger partial charge in [-0.3, -0.25) is 19.1 Å². The normalized spacial score (nSPS) is 22.4. The Hall–Kier alpha value is -3.95. The van der Waals surface area contributed by atoms with Gasteiger partial charge < -0.3 is 37.3 Å². The molecule has 3 heterocycles. The standard InChI is InChI=1S/C24H30N8O6/c25-15(24(36)37)6-8-31(7-2-4-13-3-1-5-14(9-13)21(27)35)10-16-18(33)19(34)23(38-16)32-12-30-17-20(26)28-11-29-22(17)32/h1-5,9,11-12,15-16,18-19,23,33-34H,6-8,10,25H2,(H2,27,35)(H,36,37)(H2,26,28,29)/b4-2+/t15-,16+,18+,19+,23+/m0/s1. The van der Waals surface area contributed by atoms with Crippen molar-refractivity contribution in [1.82, 2.24) is 24.4 Å². The van der Waals surface area contributed by atoms with Crippen LogP contribution in [0.2, 0.25) is 0 Å². The summed E-state index contributed by atoms with van der Waals surface area (Å²) in [6.45, 7) is 0.791. The van der Waals surface area contributed by atoms with Gasteiger partial charge in [0.25, 0.3) is 0 Å². The Morgan fingerprint density at radius 2 is 2.00 bits per heavy atom. The van der Waals surface area contributed by atoms with Gasteiger partial charge in [-0.05, 0) is 24.1 Å². The van der Waals surface area contributed by atoms with Crippen molar-refractivity contribution in [3.8, 4) is 0 Å². The first-order valence-electron chi connectivity index (χ1n) is 11.9. The van der Waals surface area contributed by atoms with Crippen LogP contribution >= 0.6 is 0 Å². The maximum absolute atomic E-state index is 11.4. The summed E-state index contributed by atoms with van der Waals surface area (Å²) < 4.78 is 7.51. The number of hydrogen-bond donors (Lipinski definition) is 6. The number of aliphatic hydroxyl groups excluding tert-OH is 2. The average Bonchev–Trinajstić information content (AvgIpc) is 3.44. The van der Waals surface area contributed by atoms with E-state index in [1.54, 1.807) is 24.3 Å². The minimum Gasteiger partial charge on any atom is -0.480 e. The van der Waals surface area contributed by atoms with E-state index in [2.05, 4.69) is 15.0 Å². The summed E-state index contributed by atoms with van der Waals surface area (Å²) in [5.74, 6) is -1.48. The molecule has 1 aliphatic rings. The third-order valence-electron chi connectivity index (χ3n) is 6.36. The van der Waals surface area contributed by atoms with Crippen molar-refractivity contribution in [1.29, 1.82) is 0 Å². The Labute approximate surface area is 217 Å². The molecule has 38 heavy (non-hydrogen) atoms. The van der Waals surface area contributed by atoms with Crippen LogP contribution in [0.1, 0.15) is 28.6 Å². The molecule has 0 saturated carbocycles. The number of rotatable bonds is 11. The highest BCUT2D eigenvalue weighted by Crippen LogP contribution is 2.32. The van der Waals surface area contributed by atoms with Gasteiger partial charge in [-0.15, -0.1) is 0 Å². The number of ether oxygens (including phenoxy) is 1. The zero-order valence-electron chi connectivity index (χ0n) is 20.4. The van der Waals surface area contributed by atoms with Gasteiger partial charge in [0.15, 0.2) is 17.7 Å². The fourth-order valence-corrected chi connectivity index (χ4v) is 4.26. The second kappa shape index (κ2) is 11.6. The van der Waals surface area contributed by atoms with Crippen molar-refractivity contribution >= 4 is 34.9 Å². The first kappa shape index (κ1) is 27.1. The molecular weight excluding hydrogens is 496 g/mol. The number of carboxylic acid groups (broad SMARTS) is 1. The van der Waals surface area contributed by atoms with Crippen molar-refractivity contribution < 1.29 is 29.6 Å². The number of nitrogens with two attached hydrogens (primary N) is 3. The van der Waals surface area contributed by atoms with E-state index in [1.807, 2.05) is 17.0 Å². The van der Waals surface area contributed by atoms with E-state index in [0.717, 1.165) is 5.56 Å². The third kappa shape index (κ3) is 5.95. The summed E-state index contributed by atoms with van der Waals surface area (Å²) >= 11 is 0. The van der Waals surface area contributed by atoms with E-state index in [0.29, 0.717) is 23.3 Å². The number of primary amides is 1. The summed E-state index contributed by atoms with van der Waals surface area (Å²) in [7, 11) is 0. The van der Waals surface area contributed by atoms with Crippen molar-refractivity contribution in [2.24, 2.45) is 11.5 Å². The van der Waals surface area contributed by atoms with Crippen LogP contribution in [0, 0.1) is 0 Å². The topological polar surface area (TPSA) is 229 Å². The lowest BCUT2D eigenvalue weighted by Crippen LogP contribution is -2.42. The zero-order valence-corrected chi connectivity index (χ0v) is 20.4. The predicted octanol–water partition coefficient (Wildman–Crippen LogP) is -1.06. The maximum Gasteiger partial charge on any atom is 0.320 e. The number of fused-ring (bicyclic) bond motifs is 1. The number of amides is 1. The Balaban J connectivity index is 1.49. The van der Waals surface area contributed by atoms with Crippen molar-refractivity contribution in [3.63, 3.8) is 0 Å². The molecular formula is C24H30N8O6. The fraction of sp³-hybridized carbons (Fsp3) is 0.375. The highest BCUT2D eigenvalue weighted by Gasteiger charge is 2.44. The summed E-state index contributed by atoms with van der Waals surface area (Å²) in [5.41, 5.74) is 18.7.